The Labute approximate surface area is 175 Å². The molecule has 0 N–H and O–H groups in total. The van der Waals surface area contributed by atoms with Crippen LogP contribution in [0.3, 0.4) is 0 Å². The second kappa shape index (κ2) is 8.23. The number of hydrogen-bond donors (Lipinski definition) is 0. The van der Waals surface area contributed by atoms with Gasteiger partial charge in [-0.2, -0.15) is 5.10 Å². The highest BCUT2D eigenvalue weighted by atomic mass is 16.5. The second-order valence-corrected chi connectivity index (χ2v) is 7.33. The van der Waals surface area contributed by atoms with Crippen LogP contribution >= 0.6 is 0 Å². The summed E-state index contributed by atoms with van der Waals surface area (Å²) in [6.07, 6.45) is 3.14. The van der Waals surface area contributed by atoms with E-state index in [0.29, 0.717) is 25.5 Å². The molecular formula is C22H25N5O3. The van der Waals surface area contributed by atoms with Crippen molar-refractivity contribution in [2.45, 2.75) is 26.8 Å². The Bertz CT molecular complexity index is 1060. The third kappa shape index (κ3) is 3.66. The fourth-order valence-electron chi connectivity index (χ4n) is 3.87. The van der Waals surface area contributed by atoms with Crippen LogP contribution in [0.5, 0.6) is 5.75 Å². The average Bonchev–Trinajstić information content (AvgIpc) is 3.07. The van der Waals surface area contributed by atoms with Crippen molar-refractivity contribution in [3.63, 3.8) is 0 Å². The first kappa shape index (κ1) is 20.0. The number of nitrogens with zero attached hydrogens (tertiary/aromatic N) is 5. The number of benzene rings is 1. The zero-order valence-electron chi connectivity index (χ0n) is 17.6. The van der Waals surface area contributed by atoms with Crippen LogP contribution in [0.4, 0.5) is 0 Å². The predicted octanol–water partition coefficient (Wildman–Crippen LogP) is 2.81. The zero-order chi connectivity index (χ0) is 21.3. The lowest BCUT2D eigenvalue weighted by atomic mass is 10.0. The van der Waals surface area contributed by atoms with E-state index in [4.69, 9.17) is 14.6 Å². The van der Waals surface area contributed by atoms with Crippen molar-refractivity contribution >= 4 is 5.91 Å². The molecule has 156 valence electrons. The third-order valence-corrected chi connectivity index (χ3v) is 5.37. The van der Waals surface area contributed by atoms with Crippen LogP contribution < -0.4 is 4.74 Å². The minimum absolute atomic E-state index is 0.149. The molecule has 0 bridgehead atoms. The molecule has 1 amide bonds. The number of hydrogen-bond acceptors (Lipinski definition) is 6. The molecule has 8 heteroatoms. The number of carbonyl (C=O) groups is 1. The molecule has 4 rings (SSSR count). The van der Waals surface area contributed by atoms with E-state index in [9.17, 15) is 4.79 Å². The summed E-state index contributed by atoms with van der Waals surface area (Å²) in [6.45, 7) is 7.21. The Morgan fingerprint density at radius 2 is 2.03 bits per heavy atom. The van der Waals surface area contributed by atoms with Crippen molar-refractivity contribution < 1.29 is 14.3 Å². The smallest absolute Gasteiger partial charge is 0.274 e. The van der Waals surface area contributed by atoms with Crippen LogP contribution in [0.25, 0.3) is 5.69 Å². The summed E-state index contributed by atoms with van der Waals surface area (Å²) in [5.74, 6) is 0.612. The van der Waals surface area contributed by atoms with Crippen LogP contribution in [0.15, 0.2) is 36.7 Å². The molecule has 0 unspecified atom stereocenters. The van der Waals surface area contributed by atoms with Crippen LogP contribution in [0.1, 0.15) is 39.2 Å². The number of aromatic nitrogens is 4. The standard InChI is InChI=1S/C22H25N5O3/c1-14-11-24-19(12-23-14)22(28)26-8-9-30-13-20(26)21-15(2)25-27(16(21)3)17-6-5-7-18(10-17)29-4/h5-7,10-12,20H,8-9,13H2,1-4H3/t20-/m0/s1. The van der Waals surface area contributed by atoms with Gasteiger partial charge in [0, 0.05) is 30.1 Å². The molecule has 0 spiro atoms. The van der Waals surface area contributed by atoms with E-state index in [1.54, 1.807) is 13.3 Å². The van der Waals surface area contributed by atoms with E-state index in [-0.39, 0.29) is 11.9 Å². The SMILES string of the molecule is COc1cccc(-n2nc(C)c([C@@H]3COCCN3C(=O)c3cnc(C)cn3)c2C)c1. The van der Waals surface area contributed by atoms with E-state index in [0.717, 1.165) is 34.1 Å². The molecular weight excluding hydrogens is 382 g/mol. The van der Waals surface area contributed by atoms with E-state index < -0.39 is 0 Å². The van der Waals surface area contributed by atoms with Crippen molar-refractivity contribution in [2.24, 2.45) is 0 Å². The largest absolute Gasteiger partial charge is 0.497 e. The molecule has 1 aliphatic rings. The lowest BCUT2D eigenvalue weighted by molar-refractivity contribution is -0.00337. The summed E-state index contributed by atoms with van der Waals surface area (Å²) in [4.78, 5) is 23.5. The van der Waals surface area contributed by atoms with Gasteiger partial charge in [-0.1, -0.05) is 6.07 Å². The van der Waals surface area contributed by atoms with E-state index in [1.807, 2.05) is 54.6 Å². The monoisotopic (exact) mass is 407 g/mol. The van der Waals surface area contributed by atoms with Crippen molar-refractivity contribution in [1.29, 1.82) is 0 Å². The number of carbonyl (C=O) groups excluding carboxylic acids is 1. The fraction of sp³-hybridized carbons (Fsp3) is 0.364. The maximum atomic E-state index is 13.2. The summed E-state index contributed by atoms with van der Waals surface area (Å²) in [5.41, 5.74) is 4.83. The maximum Gasteiger partial charge on any atom is 0.274 e. The Balaban J connectivity index is 1.71. The predicted molar refractivity (Wildman–Crippen MR) is 111 cm³/mol. The molecule has 1 aromatic carbocycles. The highest BCUT2D eigenvalue weighted by molar-refractivity contribution is 5.92. The van der Waals surface area contributed by atoms with Crippen molar-refractivity contribution in [2.75, 3.05) is 26.9 Å². The molecule has 0 aliphatic carbocycles. The summed E-state index contributed by atoms with van der Waals surface area (Å²) in [7, 11) is 1.64. The molecule has 0 saturated carbocycles. The van der Waals surface area contributed by atoms with Crippen molar-refractivity contribution in [3.8, 4) is 11.4 Å². The van der Waals surface area contributed by atoms with Crippen LogP contribution in [0, 0.1) is 20.8 Å². The average molecular weight is 407 g/mol. The van der Waals surface area contributed by atoms with E-state index >= 15 is 0 Å². The molecule has 0 radical (unpaired) electrons. The zero-order valence-corrected chi connectivity index (χ0v) is 17.6. The molecule has 1 saturated heterocycles. The van der Waals surface area contributed by atoms with Gasteiger partial charge >= 0.3 is 0 Å². The Morgan fingerprint density at radius 1 is 1.20 bits per heavy atom. The normalized spacial score (nSPS) is 16.5. The third-order valence-electron chi connectivity index (χ3n) is 5.37. The molecule has 3 aromatic rings. The number of morpholine rings is 1. The fourth-order valence-corrected chi connectivity index (χ4v) is 3.87. The summed E-state index contributed by atoms with van der Waals surface area (Å²) in [6, 6.07) is 7.50. The van der Waals surface area contributed by atoms with Crippen molar-refractivity contribution in [1.82, 2.24) is 24.6 Å². The molecule has 1 atom stereocenters. The van der Waals surface area contributed by atoms with E-state index in [2.05, 4.69) is 9.97 Å². The van der Waals surface area contributed by atoms with E-state index in [1.165, 1.54) is 6.20 Å². The van der Waals surface area contributed by atoms with Gasteiger partial charge < -0.3 is 14.4 Å². The Kier molecular flexibility index (Phi) is 5.50. The number of ether oxygens (including phenoxy) is 2. The highest BCUT2D eigenvalue weighted by Gasteiger charge is 2.34. The molecule has 1 fully saturated rings. The van der Waals surface area contributed by atoms with Gasteiger partial charge in [0.1, 0.15) is 11.4 Å². The number of methoxy groups -OCH3 is 1. The molecule has 30 heavy (non-hydrogen) atoms. The van der Waals surface area contributed by atoms with Crippen molar-refractivity contribution in [3.05, 3.63) is 65.0 Å². The lowest BCUT2D eigenvalue weighted by Gasteiger charge is -2.35. The number of rotatable bonds is 4. The van der Waals surface area contributed by atoms with Crippen LogP contribution in [0.2, 0.25) is 0 Å². The summed E-state index contributed by atoms with van der Waals surface area (Å²) >= 11 is 0. The molecule has 1 aliphatic heterocycles. The van der Waals surface area contributed by atoms with Gasteiger partial charge in [-0.15, -0.1) is 0 Å². The Hall–Kier alpha value is -3.26. The van der Waals surface area contributed by atoms with Gasteiger partial charge in [-0.05, 0) is 32.9 Å². The maximum absolute atomic E-state index is 13.2. The van der Waals surface area contributed by atoms with Gasteiger partial charge in [0.25, 0.3) is 5.91 Å². The molecule has 8 nitrogen and oxygen atoms in total. The van der Waals surface area contributed by atoms with Crippen LogP contribution in [-0.2, 0) is 4.74 Å². The van der Waals surface area contributed by atoms with Gasteiger partial charge in [0.05, 0.1) is 49.6 Å². The topological polar surface area (TPSA) is 82.4 Å². The van der Waals surface area contributed by atoms with Gasteiger partial charge in [0.15, 0.2) is 0 Å². The highest BCUT2D eigenvalue weighted by Crippen LogP contribution is 2.32. The first-order chi connectivity index (χ1) is 14.5. The van der Waals surface area contributed by atoms with Gasteiger partial charge in [0.2, 0.25) is 0 Å². The Morgan fingerprint density at radius 3 is 2.77 bits per heavy atom. The lowest BCUT2D eigenvalue weighted by Crippen LogP contribution is -2.44. The van der Waals surface area contributed by atoms with Gasteiger partial charge in [-0.3, -0.25) is 9.78 Å². The van der Waals surface area contributed by atoms with Crippen LogP contribution in [-0.4, -0.2) is 57.4 Å². The first-order valence-electron chi connectivity index (χ1n) is 9.87. The molecule has 2 aromatic heterocycles. The number of amides is 1. The second-order valence-electron chi connectivity index (χ2n) is 7.33. The minimum atomic E-state index is -0.242. The minimum Gasteiger partial charge on any atom is -0.497 e. The molecule has 3 heterocycles. The first-order valence-corrected chi connectivity index (χ1v) is 9.87. The number of aryl methyl sites for hydroxylation is 2. The summed E-state index contributed by atoms with van der Waals surface area (Å²) in [5, 5.41) is 4.75. The van der Waals surface area contributed by atoms with Gasteiger partial charge in [-0.25, -0.2) is 9.67 Å². The summed E-state index contributed by atoms with van der Waals surface area (Å²) < 4.78 is 13.0. The quantitative estimate of drug-likeness (QED) is 0.661.